The average Bonchev–Trinajstić information content (AvgIpc) is 2.43. The van der Waals surface area contributed by atoms with Gasteiger partial charge in [0, 0.05) is 11.8 Å². The summed E-state index contributed by atoms with van der Waals surface area (Å²) in [4.78, 5) is 12.8. The van der Waals surface area contributed by atoms with Crippen LogP contribution >= 0.6 is 0 Å². The van der Waals surface area contributed by atoms with Gasteiger partial charge in [0.15, 0.2) is 5.82 Å². The van der Waals surface area contributed by atoms with Crippen molar-refractivity contribution >= 4 is 0 Å². The van der Waals surface area contributed by atoms with Crippen molar-refractivity contribution in [3.63, 3.8) is 0 Å². The lowest BCUT2D eigenvalue weighted by atomic mass is 10.4. The third kappa shape index (κ3) is 1.86. The number of rotatable bonds is 1. The van der Waals surface area contributed by atoms with Gasteiger partial charge in [0.1, 0.15) is 17.5 Å². The molecule has 0 aliphatic heterocycles. The van der Waals surface area contributed by atoms with Gasteiger partial charge in [0.05, 0.1) is 0 Å². The van der Waals surface area contributed by atoms with E-state index >= 15 is 0 Å². The summed E-state index contributed by atoms with van der Waals surface area (Å²) in [7, 11) is 0. The fourth-order valence-electron chi connectivity index (χ4n) is 1.54. The maximum Gasteiger partial charge on any atom is 0.159 e. The molecule has 2 aromatic rings. The molecular weight excluding hydrogens is 190 g/mol. The normalized spacial score (nSPS) is 10.7. The zero-order valence-electron chi connectivity index (χ0n) is 9.31. The lowest BCUT2D eigenvalue weighted by molar-refractivity contribution is 0.786. The highest BCUT2D eigenvalue weighted by Gasteiger charge is 2.07. The minimum Gasteiger partial charge on any atom is -0.238 e. The molecule has 2 aromatic heterocycles. The van der Waals surface area contributed by atoms with Crippen molar-refractivity contribution in [2.24, 2.45) is 0 Å². The third-order valence-electron chi connectivity index (χ3n) is 2.04. The minimum atomic E-state index is 0.748. The first-order valence-electron chi connectivity index (χ1n) is 4.79. The Hall–Kier alpha value is -1.78. The second kappa shape index (κ2) is 3.42. The van der Waals surface area contributed by atoms with Crippen molar-refractivity contribution in [1.82, 2.24) is 24.7 Å². The smallest absolute Gasteiger partial charge is 0.159 e. The summed E-state index contributed by atoms with van der Waals surface area (Å²) in [6, 6.07) is 1.90. The van der Waals surface area contributed by atoms with Crippen LogP contribution in [0.15, 0.2) is 6.07 Å². The van der Waals surface area contributed by atoms with Crippen LogP contribution in [0.4, 0.5) is 0 Å². The zero-order chi connectivity index (χ0) is 11.0. The topological polar surface area (TPSA) is 56.5 Å². The van der Waals surface area contributed by atoms with Crippen LogP contribution in [-0.2, 0) is 0 Å². The van der Waals surface area contributed by atoms with Gasteiger partial charge in [-0.2, -0.15) is 4.68 Å². The first kappa shape index (κ1) is 9.76. The molecule has 0 N–H and O–H groups in total. The highest BCUT2D eigenvalue weighted by molar-refractivity contribution is 5.24. The zero-order valence-corrected chi connectivity index (χ0v) is 9.31. The van der Waals surface area contributed by atoms with Gasteiger partial charge in [-0.15, -0.1) is 5.10 Å². The molecular formula is C10H13N5. The molecule has 5 heteroatoms. The maximum atomic E-state index is 4.33. The molecule has 15 heavy (non-hydrogen) atoms. The fraction of sp³-hybridized carbons (Fsp3) is 0.400. The molecule has 2 rings (SSSR count). The molecule has 0 unspecified atom stereocenters. The van der Waals surface area contributed by atoms with E-state index in [4.69, 9.17) is 0 Å². The predicted octanol–water partition coefficient (Wildman–Crippen LogP) is 1.29. The van der Waals surface area contributed by atoms with Gasteiger partial charge in [-0.25, -0.2) is 15.0 Å². The second-order valence-electron chi connectivity index (χ2n) is 3.53. The van der Waals surface area contributed by atoms with E-state index in [9.17, 15) is 0 Å². The Balaban J connectivity index is 2.58. The molecule has 0 bridgehead atoms. The largest absolute Gasteiger partial charge is 0.238 e. The molecule has 0 saturated heterocycles. The number of hydrogen-bond acceptors (Lipinski definition) is 4. The predicted molar refractivity (Wildman–Crippen MR) is 55.9 cm³/mol. The standard InChI is InChI=1S/C10H13N5/c1-6-5-10(13-7(2)11-6)15-9(4)12-8(3)14-15/h5H,1-4H3. The Labute approximate surface area is 88.2 Å². The van der Waals surface area contributed by atoms with Crippen LogP contribution in [0.25, 0.3) is 5.82 Å². The highest BCUT2D eigenvalue weighted by atomic mass is 15.4. The molecule has 0 atom stereocenters. The highest BCUT2D eigenvalue weighted by Crippen LogP contribution is 2.08. The summed E-state index contributed by atoms with van der Waals surface area (Å²) < 4.78 is 1.73. The van der Waals surface area contributed by atoms with Crippen molar-refractivity contribution < 1.29 is 0 Å². The molecule has 78 valence electrons. The molecule has 0 fully saturated rings. The Morgan fingerprint density at radius 2 is 1.67 bits per heavy atom. The summed E-state index contributed by atoms with van der Waals surface area (Å²) in [5, 5.41) is 4.28. The van der Waals surface area contributed by atoms with E-state index in [0.29, 0.717) is 0 Å². The van der Waals surface area contributed by atoms with Crippen molar-refractivity contribution in [3.05, 3.63) is 29.2 Å². The Morgan fingerprint density at radius 1 is 0.933 bits per heavy atom. The third-order valence-corrected chi connectivity index (χ3v) is 2.04. The summed E-state index contributed by atoms with van der Waals surface area (Å²) in [6.45, 7) is 7.59. The molecule has 0 spiro atoms. The summed E-state index contributed by atoms with van der Waals surface area (Å²) in [5.41, 5.74) is 0.935. The van der Waals surface area contributed by atoms with Crippen LogP contribution in [0.3, 0.4) is 0 Å². The van der Waals surface area contributed by atoms with E-state index in [0.717, 1.165) is 29.0 Å². The fourth-order valence-corrected chi connectivity index (χ4v) is 1.54. The van der Waals surface area contributed by atoms with Gasteiger partial charge in [-0.1, -0.05) is 0 Å². The molecule has 0 radical (unpaired) electrons. The van der Waals surface area contributed by atoms with Crippen molar-refractivity contribution in [1.29, 1.82) is 0 Å². The molecule has 0 aromatic carbocycles. The minimum absolute atomic E-state index is 0.748. The van der Waals surface area contributed by atoms with Crippen molar-refractivity contribution in [2.45, 2.75) is 27.7 Å². The number of aryl methyl sites for hydroxylation is 4. The molecule has 0 amide bonds. The van der Waals surface area contributed by atoms with Gasteiger partial charge in [0.25, 0.3) is 0 Å². The van der Waals surface area contributed by atoms with E-state index in [1.165, 1.54) is 0 Å². The van der Waals surface area contributed by atoms with Gasteiger partial charge >= 0.3 is 0 Å². The van der Waals surface area contributed by atoms with Gasteiger partial charge in [-0.05, 0) is 27.7 Å². The average molecular weight is 203 g/mol. The monoisotopic (exact) mass is 203 g/mol. The summed E-state index contributed by atoms with van der Waals surface area (Å²) in [5.74, 6) is 3.11. The molecule has 0 aliphatic carbocycles. The van der Waals surface area contributed by atoms with E-state index in [1.54, 1.807) is 4.68 Å². The number of aromatic nitrogens is 5. The van der Waals surface area contributed by atoms with E-state index in [1.807, 2.05) is 33.8 Å². The van der Waals surface area contributed by atoms with Gasteiger partial charge in [0.2, 0.25) is 0 Å². The number of nitrogens with zero attached hydrogens (tertiary/aromatic N) is 5. The Morgan fingerprint density at radius 3 is 2.20 bits per heavy atom. The quantitative estimate of drug-likeness (QED) is 0.700. The first-order chi connectivity index (χ1) is 7.06. The molecule has 0 saturated carbocycles. The van der Waals surface area contributed by atoms with Crippen LogP contribution in [-0.4, -0.2) is 24.7 Å². The molecule has 5 nitrogen and oxygen atoms in total. The Bertz CT molecular complexity index is 480. The first-order valence-corrected chi connectivity index (χ1v) is 4.79. The maximum absolute atomic E-state index is 4.33. The van der Waals surface area contributed by atoms with Crippen molar-refractivity contribution in [2.75, 3.05) is 0 Å². The molecule has 2 heterocycles. The lowest BCUT2D eigenvalue weighted by Crippen LogP contribution is -2.05. The van der Waals surface area contributed by atoms with Crippen LogP contribution in [0.1, 0.15) is 23.2 Å². The lowest BCUT2D eigenvalue weighted by Gasteiger charge is -2.03. The van der Waals surface area contributed by atoms with Crippen LogP contribution in [0.2, 0.25) is 0 Å². The summed E-state index contributed by atoms with van der Waals surface area (Å²) >= 11 is 0. The van der Waals surface area contributed by atoms with Crippen LogP contribution < -0.4 is 0 Å². The van der Waals surface area contributed by atoms with Crippen molar-refractivity contribution in [3.8, 4) is 5.82 Å². The second-order valence-corrected chi connectivity index (χ2v) is 3.53. The Kier molecular flexibility index (Phi) is 2.22. The van der Waals surface area contributed by atoms with E-state index in [-0.39, 0.29) is 0 Å². The SMILES string of the molecule is Cc1cc(-n2nc(C)nc2C)nc(C)n1. The van der Waals surface area contributed by atoms with E-state index in [2.05, 4.69) is 20.1 Å². The molecule has 0 aliphatic rings. The van der Waals surface area contributed by atoms with E-state index < -0.39 is 0 Å². The summed E-state index contributed by atoms with van der Waals surface area (Å²) in [6.07, 6.45) is 0. The van der Waals surface area contributed by atoms with Gasteiger partial charge < -0.3 is 0 Å². The van der Waals surface area contributed by atoms with Crippen LogP contribution in [0.5, 0.6) is 0 Å². The number of hydrogen-bond donors (Lipinski definition) is 0. The van der Waals surface area contributed by atoms with Gasteiger partial charge in [-0.3, -0.25) is 0 Å². The van der Waals surface area contributed by atoms with Crippen LogP contribution in [0, 0.1) is 27.7 Å².